The van der Waals surface area contributed by atoms with Gasteiger partial charge >= 0.3 is 0 Å². The molecular weight excluding hydrogens is 148 g/mol. The molecule has 0 fully saturated rings. The van der Waals surface area contributed by atoms with E-state index in [1.54, 1.807) is 0 Å². The average Bonchev–Trinajstić information content (AvgIpc) is 1.87. The fourth-order valence-electron chi connectivity index (χ4n) is 0.917. The summed E-state index contributed by atoms with van der Waals surface area (Å²) in [4.78, 5) is 0. The summed E-state index contributed by atoms with van der Waals surface area (Å²) in [7, 11) is 0. The van der Waals surface area contributed by atoms with Gasteiger partial charge in [0, 0.05) is 12.1 Å². The molecule has 2 heteroatoms. The van der Waals surface area contributed by atoms with Gasteiger partial charge in [-0.1, -0.05) is 41.5 Å². The largest absolute Gasteiger partial charge is 0.317 e. The Morgan fingerprint density at radius 2 is 1.17 bits per heavy atom. The molecule has 76 valence electrons. The first-order valence-corrected chi connectivity index (χ1v) is 5.01. The number of hydrogen-bond donors (Lipinski definition) is 2. The first-order valence-electron chi connectivity index (χ1n) is 5.01. The van der Waals surface area contributed by atoms with Crippen LogP contribution in [0, 0.1) is 0 Å². The van der Waals surface area contributed by atoms with Gasteiger partial charge in [0.05, 0.1) is 0 Å². The lowest BCUT2D eigenvalue weighted by atomic mass is 10.3. The summed E-state index contributed by atoms with van der Waals surface area (Å²) in [6, 6.07) is 1.25. The highest BCUT2D eigenvalue weighted by atomic mass is 14.9. The quantitative estimate of drug-likeness (QED) is 0.681. The Morgan fingerprint density at radius 1 is 0.833 bits per heavy atom. The van der Waals surface area contributed by atoms with Crippen molar-refractivity contribution >= 4 is 0 Å². The molecule has 0 bridgehead atoms. The van der Waals surface area contributed by atoms with Gasteiger partial charge in [-0.3, -0.25) is 0 Å². The van der Waals surface area contributed by atoms with Gasteiger partial charge in [-0.25, -0.2) is 0 Å². The third-order valence-corrected chi connectivity index (χ3v) is 1.17. The zero-order chi connectivity index (χ0) is 9.98. The van der Waals surface area contributed by atoms with Crippen molar-refractivity contribution in [1.29, 1.82) is 0 Å². The third kappa shape index (κ3) is 22.5. The summed E-state index contributed by atoms with van der Waals surface area (Å²) >= 11 is 0. The summed E-state index contributed by atoms with van der Waals surface area (Å²) < 4.78 is 0. The first-order chi connectivity index (χ1) is 5.54. The van der Waals surface area contributed by atoms with E-state index in [0.717, 1.165) is 13.1 Å². The molecular formula is C10H26N2. The lowest BCUT2D eigenvalue weighted by Crippen LogP contribution is -2.29. The van der Waals surface area contributed by atoms with E-state index in [9.17, 15) is 0 Å². The highest BCUT2D eigenvalue weighted by Crippen LogP contribution is 1.80. The van der Waals surface area contributed by atoms with E-state index in [4.69, 9.17) is 0 Å². The number of nitrogens with one attached hydrogen (secondary N) is 2. The maximum absolute atomic E-state index is 3.31. The number of hydrogen-bond acceptors (Lipinski definition) is 2. The van der Waals surface area contributed by atoms with E-state index in [-0.39, 0.29) is 0 Å². The Hall–Kier alpha value is -0.0800. The average molecular weight is 174 g/mol. The van der Waals surface area contributed by atoms with Crippen LogP contribution in [0.25, 0.3) is 0 Å². The van der Waals surface area contributed by atoms with Crippen LogP contribution in [-0.2, 0) is 0 Å². The fourth-order valence-corrected chi connectivity index (χ4v) is 0.917. The summed E-state index contributed by atoms with van der Waals surface area (Å²) in [6.45, 7) is 15.0. The molecule has 0 aliphatic carbocycles. The first kappa shape index (κ1) is 14.4. The van der Waals surface area contributed by atoms with E-state index >= 15 is 0 Å². The Kier molecular flexibility index (Phi) is 13.1. The Morgan fingerprint density at radius 3 is 1.17 bits per heavy atom. The molecule has 0 radical (unpaired) electrons. The minimum atomic E-state index is 0.625. The molecule has 0 atom stereocenters. The Bertz CT molecular complexity index is 62.2. The minimum absolute atomic E-state index is 0.625. The zero-order valence-electron chi connectivity index (χ0n) is 9.57. The van der Waals surface area contributed by atoms with Crippen LogP contribution in [0.5, 0.6) is 0 Å². The molecule has 0 aliphatic rings. The SMILES string of the molecule is CC(C)NC(C)C.CCNCC. The molecule has 0 aromatic rings. The predicted molar refractivity (Wildman–Crippen MR) is 57.6 cm³/mol. The highest BCUT2D eigenvalue weighted by molar-refractivity contribution is 4.55. The second-order valence-electron chi connectivity index (χ2n) is 3.43. The topological polar surface area (TPSA) is 24.1 Å². The van der Waals surface area contributed by atoms with Crippen LogP contribution >= 0.6 is 0 Å². The normalized spacial score (nSPS) is 10.0. The summed E-state index contributed by atoms with van der Waals surface area (Å²) in [5, 5.41) is 6.42. The minimum Gasteiger partial charge on any atom is -0.317 e. The standard InChI is InChI=1S/C6H15N.C4H11N/c1-5(2)7-6(3)4;1-3-5-4-2/h5-7H,1-4H3;5H,3-4H2,1-2H3. The fraction of sp³-hybridized carbons (Fsp3) is 1.00. The molecule has 0 aliphatic heterocycles. The van der Waals surface area contributed by atoms with Crippen molar-refractivity contribution in [3.05, 3.63) is 0 Å². The van der Waals surface area contributed by atoms with E-state index in [1.807, 2.05) is 0 Å². The van der Waals surface area contributed by atoms with Crippen molar-refractivity contribution in [3.63, 3.8) is 0 Å². The van der Waals surface area contributed by atoms with E-state index in [1.165, 1.54) is 0 Å². The zero-order valence-corrected chi connectivity index (χ0v) is 9.57. The van der Waals surface area contributed by atoms with Gasteiger partial charge < -0.3 is 10.6 Å². The maximum Gasteiger partial charge on any atom is 0.00127 e. The van der Waals surface area contributed by atoms with Gasteiger partial charge in [-0.05, 0) is 13.1 Å². The summed E-state index contributed by atoms with van der Waals surface area (Å²) in [5.74, 6) is 0. The van der Waals surface area contributed by atoms with Gasteiger partial charge in [-0.15, -0.1) is 0 Å². The van der Waals surface area contributed by atoms with Crippen molar-refractivity contribution in [2.45, 2.75) is 53.6 Å². The summed E-state index contributed by atoms with van der Waals surface area (Å²) in [6.07, 6.45) is 0. The van der Waals surface area contributed by atoms with Gasteiger partial charge in [0.15, 0.2) is 0 Å². The van der Waals surface area contributed by atoms with Crippen molar-refractivity contribution in [2.75, 3.05) is 13.1 Å². The smallest absolute Gasteiger partial charge is 0.00127 e. The molecule has 0 spiro atoms. The van der Waals surface area contributed by atoms with E-state index < -0.39 is 0 Å². The number of rotatable bonds is 4. The monoisotopic (exact) mass is 174 g/mol. The van der Waals surface area contributed by atoms with Crippen molar-refractivity contribution < 1.29 is 0 Å². The second-order valence-corrected chi connectivity index (χ2v) is 3.43. The van der Waals surface area contributed by atoms with Crippen LogP contribution in [0.2, 0.25) is 0 Å². The molecule has 0 saturated carbocycles. The molecule has 2 N–H and O–H groups in total. The molecule has 0 heterocycles. The van der Waals surface area contributed by atoms with Crippen molar-refractivity contribution in [1.82, 2.24) is 10.6 Å². The second kappa shape index (κ2) is 10.9. The van der Waals surface area contributed by atoms with Crippen LogP contribution in [0.4, 0.5) is 0 Å². The molecule has 0 aromatic heterocycles. The molecule has 0 unspecified atom stereocenters. The molecule has 0 rings (SSSR count). The molecule has 2 nitrogen and oxygen atoms in total. The van der Waals surface area contributed by atoms with Crippen LogP contribution in [-0.4, -0.2) is 25.2 Å². The third-order valence-electron chi connectivity index (χ3n) is 1.17. The lowest BCUT2D eigenvalue weighted by Gasteiger charge is -2.10. The molecule has 0 saturated heterocycles. The predicted octanol–water partition coefficient (Wildman–Crippen LogP) is 2.01. The van der Waals surface area contributed by atoms with Gasteiger partial charge in [0.25, 0.3) is 0 Å². The highest BCUT2D eigenvalue weighted by Gasteiger charge is 1.92. The van der Waals surface area contributed by atoms with E-state index in [0.29, 0.717) is 12.1 Å². The van der Waals surface area contributed by atoms with Crippen molar-refractivity contribution in [2.24, 2.45) is 0 Å². The van der Waals surface area contributed by atoms with Crippen LogP contribution in [0.3, 0.4) is 0 Å². The van der Waals surface area contributed by atoms with Gasteiger partial charge in [0.2, 0.25) is 0 Å². The van der Waals surface area contributed by atoms with Gasteiger partial charge in [-0.2, -0.15) is 0 Å². The van der Waals surface area contributed by atoms with Crippen molar-refractivity contribution in [3.8, 4) is 0 Å². The lowest BCUT2D eigenvalue weighted by molar-refractivity contribution is 0.518. The molecule has 0 aromatic carbocycles. The Labute approximate surface area is 78.1 Å². The maximum atomic E-state index is 3.31. The van der Waals surface area contributed by atoms with Gasteiger partial charge in [0.1, 0.15) is 0 Å². The Balaban J connectivity index is 0. The van der Waals surface area contributed by atoms with Crippen LogP contribution in [0.1, 0.15) is 41.5 Å². The molecule has 12 heavy (non-hydrogen) atoms. The van der Waals surface area contributed by atoms with Crippen LogP contribution in [0.15, 0.2) is 0 Å². The molecule has 0 amide bonds. The van der Waals surface area contributed by atoms with E-state index in [2.05, 4.69) is 52.2 Å². The summed E-state index contributed by atoms with van der Waals surface area (Å²) in [5.41, 5.74) is 0. The van der Waals surface area contributed by atoms with Crippen LogP contribution < -0.4 is 10.6 Å².